The lowest BCUT2D eigenvalue weighted by molar-refractivity contribution is -0.160. The van der Waals surface area contributed by atoms with Crippen LogP contribution in [0.15, 0.2) is 48.5 Å². The summed E-state index contributed by atoms with van der Waals surface area (Å²) in [5, 5.41) is 4.61. The summed E-state index contributed by atoms with van der Waals surface area (Å²) in [4.78, 5) is 16.8. The van der Waals surface area contributed by atoms with Crippen LogP contribution in [0, 0.1) is 12.7 Å². The van der Waals surface area contributed by atoms with E-state index in [0.717, 1.165) is 17.8 Å². The summed E-state index contributed by atoms with van der Waals surface area (Å²) in [6.07, 6.45) is -4.72. The maximum absolute atomic E-state index is 14.8. The van der Waals surface area contributed by atoms with Crippen molar-refractivity contribution in [2.75, 3.05) is 30.5 Å². The Hall–Kier alpha value is -3.86. The molecule has 0 unspecified atom stereocenters. The minimum Gasteiger partial charge on any atom is -0.482 e. The fraction of sp³-hybridized carbons (Fsp3) is 0.308. The molecular weight excluding hydrogens is 494 g/mol. The Morgan fingerprint density at radius 2 is 1.86 bits per heavy atom. The van der Waals surface area contributed by atoms with Crippen LogP contribution >= 0.6 is 0 Å². The number of carbonyl (C=O) groups excluding carboxylic acids is 1. The molecule has 2 heterocycles. The lowest BCUT2D eigenvalue weighted by Crippen LogP contribution is -2.51. The molecule has 1 aliphatic heterocycles. The maximum Gasteiger partial charge on any atom is 0.420 e. The SMILES string of the molecule is CCOc1nc(C)ccc1-c1ccc(NC(=O)Nc2ccc(OC3(C)COC3)c(C(F)(F)F)c2)c(F)c1. The second kappa shape index (κ2) is 10.3. The first-order valence-corrected chi connectivity index (χ1v) is 11.4. The zero-order valence-corrected chi connectivity index (χ0v) is 20.3. The van der Waals surface area contributed by atoms with Crippen molar-refractivity contribution in [3.8, 4) is 22.8 Å². The van der Waals surface area contributed by atoms with Crippen LogP contribution in [0.4, 0.5) is 33.7 Å². The Kier molecular flexibility index (Phi) is 7.26. The molecule has 37 heavy (non-hydrogen) atoms. The molecule has 0 saturated carbocycles. The van der Waals surface area contributed by atoms with Crippen molar-refractivity contribution in [3.63, 3.8) is 0 Å². The highest BCUT2D eigenvalue weighted by Gasteiger charge is 2.40. The molecule has 0 spiro atoms. The zero-order chi connectivity index (χ0) is 26.8. The summed E-state index contributed by atoms with van der Waals surface area (Å²) >= 11 is 0. The summed E-state index contributed by atoms with van der Waals surface area (Å²) in [6.45, 7) is 5.97. The number of carbonyl (C=O) groups is 1. The molecule has 2 N–H and O–H groups in total. The van der Waals surface area contributed by atoms with Gasteiger partial charge in [0.1, 0.15) is 11.6 Å². The minimum absolute atomic E-state index is 0.142. The summed E-state index contributed by atoms with van der Waals surface area (Å²) < 4.78 is 71.8. The smallest absolute Gasteiger partial charge is 0.420 e. The van der Waals surface area contributed by atoms with Crippen molar-refractivity contribution in [2.45, 2.75) is 32.5 Å². The number of hydrogen-bond acceptors (Lipinski definition) is 5. The van der Waals surface area contributed by atoms with E-state index in [9.17, 15) is 22.4 Å². The second-order valence-corrected chi connectivity index (χ2v) is 8.77. The van der Waals surface area contributed by atoms with Crippen LogP contribution in [0.3, 0.4) is 0 Å². The Labute approximate surface area is 210 Å². The van der Waals surface area contributed by atoms with Crippen LogP contribution < -0.4 is 20.1 Å². The Bertz CT molecular complexity index is 1310. The molecule has 2 amide bonds. The molecule has 1 aromatic heterocycles. The van der Waals surface area contributed by atoms with Gasteiger partial charge in [-0.3, -0.25) is 0 Å². The van der Waals surface area contributed by atoms with Gasteiger partial charge >= 0.3 is 12.2 Å². The largest absolute Gasteiger partial charge is 0.482 e. The van der Waals surface area contributed by atoms with E-state index in [4.69, 9.17) is 14.2 Å². The molecule has 0 aliphatic carbocycles. The van der Waals surface area contributed by atoms with Crippen molar-refractivity contribution in [1.82, 2.24) is 4.98 Å². The van der Waals surface area contributed by atoms with Crippen LogP contribution in [0.1, 0.15) is 25.1 Å². The number of urea groups is 1. The third-order valence-corrected chi connectivity index (χ3v) is 5.52. The number of halogens is 4. The number of rotatable bonds is 7. The van der Waals surface area contributed by atoms with E-state index in [-0.39, 0.29) is 30.3 Å². The van der Waals surface area contributed by atoms with Gasteiger partial charge in [-0.15, -0.1) is 0 Å². The van der Waals surface area contributed by atoms with Gasteiger partial charge in [0.15, 0.2) is 5.60 Å². The van der Waals surface area contributed by atoms with E-state index < -0.39 is 29.2 Å². The molecule has 1 fully saturated rings. The van der Waals surface area contributed by atoms with Crippen molar-refractivity contribution in [2.24, 2.45) is 0 Å². The highest BCUT2D eigenvalue weighted by atomic mass is 19.4. The van der Waals surface area contributed by atoms with Gasteiger partial charge in [-0.1, -0.05) is 6.07 Å². The van der Waals surface area contributed by atoms with Crippen molar-refractivity contribution in [3.05, 3.63) is 65.6 Å². The maximum atomic E-state index is 14.8. The number of benzene rings is 2. The predicted octanol–water partition coefficient (Wildman–Crippen LogP) is 6.43. The number of alkyl halides is 3. The summed E-state index contributed by atoms with van der Waals surface area (Å²) in [5.41, 5.74) is -0.409. The molecular formula is C26H25F4N3O4. The van der Waals surface area contributed by atoms with Gasteiger partial charge in [-0.25, -0.2) is 14.2 Å². The van der Waals surface area contributed by atoms with Crippen LogP contribution in [0.2, 0.25) is 0 Å². The lowest BCUT2D eigenvalue weighted by atomic mass is 10.0. The molecule has 196 valence electrons. The van der Waals surface area contributed by atoms with Gasteiger partial charge in [0.25, 0.3) is 0 Å². The van der Waals surface area contributed by atoms with E-state index in [1.165, 1.54) is 18.2 Å². The average Bonchev–Trinajstić information content (AvgIpc) is 2.80. The monoisotopic (exact) mass is 519 g/mol. The fourth-order valence-corrected chi connectivity index (χ4v) is 3.70. The normalized spacial score (nSPS) is 14.5. The number of aromatic nitrogens is 1. The van der Waals surface area contributed by atoms with Gasteiger partial charge in [-0.2, -0.15) is 13.2 Å². The van der Waals surface area contributed by atoms with Crippen LogP contribution in [0.25, 0.3) is 11.1 Å². The summed E-state index contributed by atoms with van der Waals surface area (Å²) in [6, 6.07) is 9.90. The van der Waals surface area contributed by atoms with Gasteiger partial charge < -0.3 is 24.8 Å². The number of aryl methyl sites for hydroxylation is 1. The fourth-order valence-electron chi connectivity index (χ4n) is 3.70. The van der Waals surface area contributed by atoms with Gasteiger partial charge in [-0.05, 0) is 68.8 Å². The van der Waals surface area contributed by atoms with Crippen LogP contribution in [0.5, 0.6) is 11.6 Å². The number of amides is 2. The Balaban J connectivity index is 1.49. The molecule has 3 aromatic rings. The third kappa shape index (κ3) is 6.11. The number of anilines is 2. The first-order chi connectivity index (χ1) is 17.5. The predicted molar refractivity (Wildman–Crippen MR) is 129 cm³/mol. The van der Waals surface area contributed by atoms with E-state index in [1.54, 1.807) is 32.0 Å². The molecule has 4 rings (SSSR count). The number of pyridine rings is 1. The molecule has 11 heteroatoms. The highest BCUT2D eigenvalue weighted by Crippen LogP contribution is 2.40. The van der Waals surface area contributed by atoms with Gasteiger partial charge in [0.2, 0.25) is 5.88 Å². The summed E-state index contributed by atoms with van der Waals surface area (Å²) in [7, 11) is 0. The Morgan fingerprint density at radius 3 is 2.49 bits per heavy atom. The number of ether oxygens (including phenoxy) is 3. The lowest BCUT2D eigenvalue weighted by Gasteiger charge is -2.38. The van der Waals surface area contributed by atoms with Crippen molar-refractivity contribution >= 4 is 17.4 Å². The molecule has 1 aliphatic rings. The van der Waals surface area contributed by atoms with Gasteiger partial charge in [0, 0.05) is 16.9 Å². The van der Waals surface area contributed by atoms with Crippen molar-refractivity contribution in [1.29, 1.82) is 0 Å². The summed E-state index contributed by atoms with van der Waals surface area (Å²) in [5.74, 6) is -0.763. The number of nitrogens with one attached hydrogen (secondary N) is 2. The van der Waals surface area contributed by atoms with E-state index in [0.29, 0.717) is 23.6 Å². The topological polar surface area (TPSA) is 81.7 Å². The first kappa shape index (κ1) is 26.2. The average molecular weight is 519 g/mol. The minimum atomic E-state index is -4.72. The van der Waals surface area contributed by atoms with E-state index >= 15 is 0 Å². The van der Waals surface area contributed by atoms with Crippen LogP contribution in [-0.4, -0.2) is 36.4 Å². The van der Waals surface area contributed by atoms with Crippen LogP contribution in [-0.2, 0) is 10.9 Å². The second-order valence-electron chi connectivity index (χ2n) is 8.77. The molecule has 0 atom stereocenters. The number of nitrogens with zero attached hydrogens (tertiary/aromatic N) is 1. The number of hydrogen-bond donors (Lipinski definition) is 2. The quantitative estimate of drug-likeness (QED) is 0.352. The first-order valence-electron chi connectivity index (χ1n) is 11.4. The molecule has 2 aromatic carbocycles. The molecule has 7 nitrogen and oxygen atoms in total. The van der Waals surface area contributed by atoms with Crippen molar-refractivity contribution < 1.29 is 36.6 Å². The Morgan fingerprint density at radius 1 is 1.11 bits per heavy atom. The van der Waals surface area contributed by atoms with E-state index in [2.05, 4.69) is 15.6 Å². The molecule has 1 saturated heterocycles. The standard InChI is InChI=1S/C26H25F4N3O4/c1-4-36-23-18(8-5-15(2)31-23)16-6-9-21(20(27)11-16)33-24(34)32-17-7-10-22(19(12-17)26(28,29)30)37-25(3)13-35-14-25/h5-12H,4,13-14H2,1-3H3,(H2,32,33,34). The van der Waals surface area contributed by atoms with E-state index in [1.807, 2.05) is 6.92 Å². The third-order valence-electron chi connectivity index (χ3n) is 5.52. The zero-order valence-electron chi connectivity index (χ0n) is 20.3. The van der Waals surface area contributed by atoms with Gasteiger partial charge in [0.05, 0.1) is 31.1 Å². The molecule has 0 radical (unpaired) electrons. The molecule has 0 bridgehead atoms. The highest BCUT2D eigenvalue weighted by molar-refractivity contribution is 6.00.